The molecule has 0 saturated heterocycles. The molecule has 0 amide bonds. The molecule has 0 heterocycles. The lowest BCUT2D eigenvalue weighted by Crippen LogP contribution is -2.29. The number of carbonyl (C=O) groups is 1. The number of hydrogen-bond donors (Lipinski definition) is 0. The molecule has 0 aliphatic carbocycles. The Bertz CT molecular complexity index is 488. The SMILES string of the molecule is COC(=O)C(C)CN(C)c1ccc([N+](=O)[O-])cc1C. The Hall–Kier alpha value is -2.11. The molecule has 0 fully saturated rings. The van der Waals surface area contributed by atoms with Gasteiger partial charge in [-0.25, -0.2) is 0 Å². The fourth-order valence-corrected chi connectivity index (χ4v) is 1.97. The van der Waals surface area contributed by atoms with Crippen molar-refractivity contribution in [2.24, 2.45) is 5.92 Å². The Morgan fingerprint density at radius 2 is 2.16 bits per heavy atom. The topological polar surface area (TPSA) is 72.7 Å². The van der Waals surface area contributed by atoms with Gasteiger partial charge in [-0.3, -0.25) is 14.9 Å². The number of rotatable bonds is 5. The van der Waals surface area contributed by atoms with Crippen molar-refractivity contribution in [2.75, 3.05) is 25.6 Å². The standard InChI is InChI=1S/C13H18N2O4/c1-9-7-11(15(17)18)5-6-12(9)14(3)8-10(2)13(16)19-4/h5-7,10H,8H2,1-4H3. The molecule has 1 rings (SSSR count). The van der Waals surface area contributed by atoms with Gasteiger partial charge in [0.2, 0.25) is 0 Å². The Morgan fingerprint density at radius 1 is 1.53 bits per heavy atom. The monoisotopic (exact) mass is 266 g/mol. The number of ether oxygens (including phenoxy) is 1. The highest BCUT2D eigenvalue weighted by molar-refractivity contribution is 5.73. The van der Waals surface area contributed by atoms with Gasteiger partial charge in [-0.2, -0.15) is 0 Å². The lowest BCUT2D eigenvalue weighted by atomic mass is 10.1. The first-order valence-corrected chi connectivity index (χ1v) is 5.90. The van der Waals surface area contributed by atoms with E-state index in [1.165, 1.54) is 19.2 Å². The second-order valence-electron chi connectivity index (χ2n) is 4.53. The number of methoxy groups -OCH3 is 1. The van der Waals surface area contributed by atoms with E-state index in [2.05, 4.69) is 4.74 Å². The van der Waals surface area contributed by atoms with Crippen molar-refractivity contribution in [2.45, 2.75) is 13.8 Å². The first-order valence-electron chi connectivity index (χ1n) is 5.90. The molecule has 0 aliphatic rings. The highest BCUT2D eigenvalue weighted by Crippen LogP contribution is 2.24. The molecule has 0 spiro atoms. The third-order valence-electron chi connectivity index (χ3n) is 2.95. The summed E-state index contributed by atoms with van der Waals surface area (Å²) in [5.41, 5.74) is 1.73. The zero-order valence-electron chi connectivity index (χ0n) is 11.5. The maximum absolute atomic E-state index is 11.4. The van der Waals surface area contributed by atoms with Crippen LogP contribution in [0.25, 0.3) is 0 Å². The summed E-state index contributed by atoms with van der Waals surface area (Å²) in [6, 6.07) is 4.67. The second-order valence-corrected chi connectivity index (χ2v) is 4.53. The van der Waals surface area contributed by atoms with E-state index in [4.69, 9.17) is 0 Å². The number of nitro groups is 1. The first kappa shape index (κ1) is 14.9. The summed E-state index contributed by atoms with van der Waals surface area (Å²) in [6.45, 7) is 4.08. The third-order valence-corrected chi connectivity index (χ3v) is 2.95. The van der Waals surface area contributed by atoms with Crippen molar-refractivity contribution >= 4 is 17.3 Å². The van der Waals surface area contributed by atoms with Gasteiger partial charge in [0.25, 0.3) is 5.69 Å². The molecule has 6 nitrogen and oxygen atoms in total. The largest absolute Gasteiger partial charge is 0.469 e. The minimum absolute atomic E-state index is 0.0654. The van der Waals surface area contributed by atoms with Crippen LogP contribution in [-0.2, 0) is 9.53 Å². The fourth-order valence-electron chi connectivity index (χ4n) is 1.97. The van der Waals surface area contributed by atoms with Crippen molar-refractivity contribution in [1.82, 2.24) is 0 Å². The average molecular weight is 266 g/mol. The predicted octanol–water partition coefficient (Wildman–Crippen LogP) is 2.15. The molecule has 0 bridgehead atoms. The minimum atomic E-state index is -0.423. The molecule has 6 heteroatoms. The summed E-state index contributed by atoms with van der Waals surface area (Å²) in [5, 5.41) is 10.7. The van der Waals surface area contributed by atoms with Crippen molar-refractivity contribution in [3.63, 3.8) is 0 Å². The van der Waals surface area contributed by atoms with E-state index in [9.17, 15) is 14.9 Å². The second kappa shape index (κ2) is 6.17. The van der Waals surface area contributed by atoms with Crippen LogP contribution < -0.4 is 4.90 Å². The predicted molar refractivity (Wildman–Crippen MR) is 72.3 cm³/mol. The van der Waals surface area contributed by atoms with Crippen LogP contribution in [0.5, 0.6) is 0 Å². The summed E-state index contributed by atoms with van der Waals surface area (Å²) in [5.74, 6) is -0.531. The van der Waals surface area contributed by atoms with Gasteiger partial charge < -0.3 is 9.64 Å². The van der Waals surface area contributed by atoms with Crippen molar-refractivity contribution in [3.8, 4) is 0 Å². The number of esters is 1. The summed E-state index contributed by atoms with van der Waals surface area (Å²) >= 11 is 0. The summed E-state index contributed by atoms with van der Waals surface area (Å²) in [7, 11) is 3.20. The molecular formula is C13H18N2O4. The zero-order chi connectivity index (χ0) is 14.6. The van der Waals surface area contributed by atoms with Crippen LogP contribution in [0.2, 0.25) is 0 Å². The van der Waals surface area contributed by atoms with Gasteiger partial charge in [0.1, 0.15) is 0 Å². The molecule has 0 saturated carbocycles. The molecule has 0 aliphatic heterocycles. The Morgan fingerprint density at radius 3 is 2.63 bits per heavy atom. The van der Waals surface area contributed by atoms with E-state index in [0.717, 1.165) is 11.3 Å². The number of carbonyl (C=O) groups excluding carboxylic acids is 1. The normalized spacial score (nSPS) is 11.8. The summed E-state index contributed by atoms with van der Waals surface area (Å²) in [4.78, 5) is 23.5. The molecular weight excluding hydrogens is 248 g/mol. The molecule has 1 aromatic rings. The highest BCUT2D eigenvalue weighted by Gasteiger charge is 2.17. The van der Waals surface area contributed by atoms with Gasteiger partial charge in [-0.15, -0.1) is 0 Å². The van der Waals surface area contributed by atoms with Crippen LogP contribution in [0.4, 0.5) is 11.4 Å². The van der Waals surface area contributed by atoms with E-state index < -0.39 is 4.92 Å². The highest BCUT2D eigenvalue weighted by atomic mass is 16.6. The third kappa shape index (κ3) is 3.67. The van der Waals surface area contributed by atoms with Gasteiger partial charge in [0, 0.05) is 31.4 Å². The molecule has 1 atom stereocenters. The van der Waals surface area contributed by atoms with Crippen molar-refractivity contribution in [1.29, 1.82) is 0 Å². The number of anilines is 1. The number of non-ortho nitro benzene ring substituents is 1. The van der Waals surface area contributed by atoms with Crippen LogP contribution in [0.15, 0.2) is 18.2 Å². The van der Waals surface area contributed by atoms with Gasteiger partial charge in [0.15, 0.2) is 0 Å². The smallest absolute Gasteiger partial charge is 0.310 e. The molecule has 0 N–H and O–H groups in total. The van der Waals surface area contributed by atoms with E-state index >= 15 is 0 Å². The van der Waals surface area contributed by atoms with E-state index in [1.54, 1.807) is 13.0 Å². The average Bonchev–Trinajstić information content (AvgIpc) is 2.37. The van der Waals surface area contributed by atoms with E-state index in [0.29, 0.717) is 6.54 Å². The molecule has 104 valence electrons. The Kier molecular flexibility index (Phi) is 4.86. The number of hydrogen-bond acceptors (Lipinski definition) is 5. The molecule has 19 heavy (non-hydrogen) atoms. The Balaban J connectivity index is 2.85. The minimum Gasteiger partial charge on any atom is -0.469 e. The van der Waals surface area contributed by atoms with Crippen LogP contribution in [0.1, 0.15) is 12.5 Å². The zero-order valence-corrected chi connectivity index (χ0v) is 11.5. The summed E-state index contributed by atoms with van der Waals surface area (Å²) < 4.78 is 4.67. The van der Waals surface area contributed by atoms with E-state index in [-0.39, 0.29) is 17.6 Å². The molecule has 0 aromatic heterocycles. The maximum atomic E-state index is 11.4. The van der Waals surface area contributed by atoms with Crippen molar-refractivity contribution < 1.29 is 14.5 Å². The van der Waals surface area contributed by atoms with Crippen LogP contribution >= 0.6 is 0 Å². The molecule has 1 unspecified atom stereocenters. The molecule has 1 aromatic carbocycles. The Labute approximate surface area is 112 Å². The van der Waals surface area contributed by atoms with Gasteiger partial charge >= 0.3 is 5.97 Å². The van der Waals surface area contributed by atoms with Crippen molar-refractivity contribution in [3.05, 3.63) is 33.9 Å². The van der Waals surface area contributed by atoms with Gasteiger partial charge in [0.05, 0.1) is 18.0 Å². The fraction of sp³-hybridized carbons (Fsp3) is 0.462. The van der Waals surface area contributed by atoms with Crippen LogP contribution in [0.3, 0.4) is 0 Å². The number of nitrogens with zero attached hydrogens (tertiary/aromatic N) is 2. The number of benzene rings is 1. The summed E-state index contributed by atoms with van der Waals surface area (Å²) in [6.07, 6.45) is 0. The number of nitro benzene ring substituents is 1. The lowest BCUT2D eigenvalue weighted by Gasteiger charge is -2.23. The maximum Gasteiger partial charge on any atom is 0.310 e. The van der Waals surface area contributed by atoms with Gasteiger partial charge in [-0.1, -0.05) is 6.92 Å². The molecule has 0 radical (unpaired) electrons. The lowest BCUT2D eigenvalue weighted by molar-refractivity contribution is -0.384. The van der Waals surface area contributed by atoms with Crippen LogP contribution in [-0.4, -0.2) is 31.6 Å². The quantitative estimate of drug-likeness (QED) is 0.464. The first-order chi connectivity index (χ1) is 8.86. The number of aryl methyl sites for hydroxylation is 1. The van der Waals surface area contributed by atoms with Crippen LogP contribution in [0, 0.1) is 23.0 Å². The van der Waals surface area contributed by atoms with Gasteiger partial charge in [-0.05, 0) is 18.6 Å². The van der Waals surface area contributed by atoms with E-state index in [1.807, 2.05) is 18.9 Å².